The van der Waals surface area contributed by atoms with Gasteiger partial charge in [-0.1, -0.05) is 19.1 Å². The molecule has 0 radical (unpaired) electrons. The van der Waals surface area contributed by atoms with E-state index in [2.05, 4.69) is 9.82 Å². The minimum absolute atomic E-state index is 0.194. The van der Waals surface area contributed by atoms with E-state index in [-0.39, 0.29) is 11.5 Å². The van der Waals surface area contributed by atoms with Gasteiger partial charge in [0.05, 0.1) is 22.9 Å². The van der Waals surface area contributed by atoms with Crippen LogP contribution in [0.1, 0.15) is 23.7 Å². The molecule has 0 saturated carbocycles. The highest BCUT2D eigenvalue weighted by Gasteiger charge is 2.20. The van der Waals surface area contributed by atoms with Crippen molar-refractivity contribution in [2.24, 2.45) is 7.05 Å². The van der Waals surface area contributed by atoms with Gasteiger partial charge in [-0.2, -0.15) is 5.10 Å². The lowest BCUT2D eigenvalue weighted by Crippen LogP contribution is -2.15. The smallest absolute Gasteiger partial charge is 0.262 e. The van der Waals surface area contributed by atoms with Gasteiger partial charge in [-0.15, -0.1) is 0 Å². The minimum atomic E-state index is -3.71. The molecule has 1 heterocycles. The van der Waals surface area contributed by atoms with Crippen molar-refractivity contribution in [3.8, 4) is 0 Å². The van der Waals surface area contributed by atoms with Crippen molar-refractivity contribution in [1.29, 1.82) is 0 Å². The zero-order chi connectivity index (χ0) is 15.6. The van der Waals surface area contributed by atoms with Crippen molar-refractivity contribution >= 4 is 15.7 Å². The highest BCUT2D eigenvalue weighted by atomic mass is 32.2. The summed E-state index contributed by atoms with van der Waals surface area (Å²) in [6.07, 6.45) is 2.21. The Morgan fingerprint density at radius 2 is 2.10 bits per heavy atom. The summed E-state index contributed by atoms with van der Waals surface area (Å²) < 4.78 is 29.3. The van der Waals surface area contributed by atoms with E-state index in [4.69, 9.17) is 0 Å². The summed E-state index contributed by atoms with van der Waals surface area (Å²) in [6.45, 7) is 3.43. The molecule has 2 aromatic rings. The van der Waals surface area contributed by atoms with Gasteiger partial charge in [0.15, 0.2) is 0 Å². The quantitative estimate of drug-likeness (QED) is 0.878. The summed E-state index contributed by atoms with van der Waals surface area (Å²) in [5, 5.41) is 13.3. The van der Waals surface area contributed by atoms with Gasteiger partial charge in [0.1, 0.15) is 0 Å². The molecule has 1 aromatic heterocycles. The second kappa shape index (κ2) is 5.87. The number of aliphatic hydroxyl groups excluding tert-OH is 1. The van der Waals surface area contributed by atoms with Crippen LogP contribution in [0.25, 0.3) is 0 Å². The summed E-state index contributed by atoms with van der Waals surface area (Å²) in [5.41, 5.74) is 2.34. The molecule has 7 heteroatoms. The molecule has 1 aromatic carbocycles. The minimum Gasteiger partial charge on any atom is -0.392 e. The third kappa shape index (κ3) is 3.25. The summed E-state index contributed by atoms with van der Waals surface area (Å²) in [6, 6.07) is 4.97. The Hall–Kier alpha value is -1.86. The molecule has 2 N–H and O–H groups in total. The van der Waals surface area contributed by atoms with Crippen LogP contribution in [0.4, 0.5) is 5.69 Å². The van der Waals surface area contributed by atoms with Crippen molar-refractivity contribution in [3.05, 3.63) is 41.2 Å². The van der Waals surface area contributed by atoms with Gasteiger partial charge in [-0.3, -0.25) is 9.40 Å². The first-order valence-electron chi connectivity index (χ1n) is 6.63. The van der Waals surface area contributed by atoms with Gasteiger partial charge >= 0.3 is 0 Å². The van der Waals surface area contributed by atoms with Crippen LogP contribution >= 0.6 is 0 Å². The van der Waals surface area contributed by atoms with Crippen molar-refractivity contribution in [2.75, 3.05) is 4.72 Å². The average Bonchev–Trinajstić information content (AvgIpc) is 2.75. The molecule has 114 valence electrons. The molecule has 6 nitrogen and oxygen atoms in total. The predicted molar refractivity (Wildman–Crippen MR) is 80.5 cm³/mol. The first kappa shape index (κ1) is 15.5. The topological polar surface area (TPSA) is 84.2 Å². The van der Waals surface area contributed by atoms with Crippen LogP contribution < -0.4 is 4.72 Å². The van der Waals surface area contributed by atoms with Crippen LogP contribution in [0, 0.1) is 6.92 Å². The number of hydrogen-bond acceptors (Lipinski definition) is 4. The zero-order valence-electron chi connectivity index (χ0n) is 12.3. The van der Waals surface area contributed by atoms with Gasteiger partial charge in [0, 0.05) is 13.2 Å². The van der Waals surface area contributed by atoms with Gasteiger partial charge in [-0.25, -0.2) is 8.42 Å². The van der Waals surface area contributed by atoms with E-state index >= 15 is 0 Å². The third-order valence-electron chi connectivity index (χ3n) is 3.24. The lowest BCUT2D eigenvalue weighted by molar-refractivity contribution is 0.281. The van der Waals surface area contributed by atoms with E-state index in [0.29, 0.717) is 28.9 Å². The number of rotatable bonds is 5. The molecular weight excluding hydrogens is 290 g/mol. The maximum Gasteiger partial charge on any atom is 0.262 e. The molecule has 0 aliphatic carbocycles. The molecule has 0 fully saturated rings. The van der Waals surface area contributed by atoms with Crippen molar-refractivity contribution in [2.45, 2.75) is 31.8 Å². The van der Waals surface area contributed by atoms with E-state index in [1.54, 1.807) is 37.0 Å². The third-order valence-corrected chi connectivity index (χ3v) is 4.69. The second-order valence-corrected chi connectivity index (χ2v) is 6.51. The van der Waals surface area contributed by atoms with E-state index in [1.165, 1.54) is 6.07 Å². The predicted octanol–water partition coefficient (Wildman–Crippen LogP) is 1.58. The molecule has 0 amide bonds. The monoisotopic (exact) mass is 309 g/mol. The van der Waals surface area contributed by atoms with Gasteiger partial charge in [-0.05, 0) is 30.5 Å². The van der Waals surface area contributed by atoms with E-state index in [9.17, 15) is 13.5 Å². The highest BCUT2D eigenvalue weighted by molar-refractivity contribution is 7.92. The molecule has 0 unspecified atom stereocenters. The Morgan fingerprint density at radius 1 is 1.38 bits per heavy atom. The van der Waals surface area contributed by atoms with Gasteiger partial charge in [0.2, 0.25) is 0 Å². The van der Waals surface area contributed by atoms with Gasteiger partial charge < -0.3 is 5.11 Å². The zero-order valence-corrected chi connectivity index (χ0v) is 13.1. The molecule has 0 atom stereocenters. The Kier molecular flexibility index (Phi) is 4.34. The van der Waals surface area contributed by atoms with Crippen molar-refractivity contribution < 1.29 is 13.5 Å². The fourth-order valence-corrected chi connectivity index (χ4v) is 3.60. The van der Waals surface area contributed by atoms with Crippen LogP contribution in [-0.4, -0.2) is 23.3 Å². The normalized spacial score (nSPS) is 11.6. The maximum atomic E-state index is 12.6. The molecular formula is C14H19N3O3S. The Balaban J connectivity index is 2.46. The number of hydrogen-bond donors (Lipinski definition) is 2. The van der Waals surface area contributed by atoms with Crippen LogP contribution in [0.3, 0.4) is 0 Å². The number of benzene rings is 1. The summed E-state index contributed by atoms with van der Waals surface area (Å²) >= 11 is 0. The number of anilines is 1. The number of sulfonamides is 1. The van der Waals surface area contributed by atoms with Crippen LogP contribution in [-0.2, 0) is 30.1 Å². The fraction of sp³-hybridized carbons (Fsp3) is 0.357. The van der Waals surface area contributed by atoms with Crippen LogP contribution in [0.2, 0.25) is 0 Å². The molecule has 0 aliphatic heterocycles. The van der Waals surface area contributed by atoms with Crippen molar-refractivity contribution in [1.82, 2.24) is 9.78 Å². The maximum absolute atomic E-state index is 12.6. The summed E-state index contributed by atoms with van der Waals surface area (Å²) in [5.74, 6) is 0. The Labute approximate surface area is 124 Å². The average molecular weight is 309 g/mol. The standard InChI is InChI=1S/C14H19N3O3S/c1-4-12-6-5-11(9-18)7-14(12)21(19,20)16-13-8-17(3)15-10(13)2/h5-8,16,18H,4,9H2,1-3H3. The number of nitrogens with zero attached hydrogens (tertiary/aromatic N) is 2. The molecule has 0 bridgehead atoms. The summed E-state index contributed by atoms with van der Waals surface area (Å²) in [4.78, 5) is 0.194. The molecule has 0 spiro atoms. The first-order chi connectivity index (χ1) is 9.87. The lowest BCUT2D eigenvalue weighted by Gasteiger charge is -2.12. The van der Waals surface area contributed by atoms with E-state index in [0.717, 1.165) is 0 Å². The highest BCUT2D eigenvalue weighted by Crippen LogP contribution is 2.23. The first-order valence-corrected chi connectivity index (χ1v) is 8.11. The van der Waals surface area contributed by atoms with Crippen molar-refractivity contribution in [3.63, 3.8) is 0 Å². The molecule has 2 rings (SSSR count). The number of aromatic nitrogens is 2. The van der Waals surface area contributed by atoms with E-state index in [1.807, 2.05) is 6.92 Å². The summed E-state index contributed by atoms with van der Waals surface area (Å²) in [7, 11) is -1.98. The largest absolute Gasteiger partial charge is 0.392 e. The number of aryl methyl sites for hydroxylation is 3. The fourth-order valence-electron chi connectivity index (χ4n) is 2.14. The molecule has 0 saturated heterocycles. The van der Waals surface area contributed by atoms with Gasteiger partial charge in [0.25, 0.3) is 10.0 Å². The number of aliphatic hydroxyl groups is 1. The van der Waals surface area contributed by atoms with Crippen LogP contribution in [0.15, 0.2) is 29.3 Å². The Bertz CT molecular complexity index is 751. The molecule has 21 heavy (non-hydrogen) atoms. The molecule has 0 aliphatic rings. The second-order valence-electron chi connectivity index (χ2n) is 4.86. The lowest BCUT2D eigenvalue weighted by atomic mass is 10.1. The van der Waals surface area contributed by atoms with E-state index < -0.39 is 10.0 Å². The van der Waals surface area contributed by atoms with Crippen LogP contribution in [0.5, 0.6) is 0 Å². The Morgan fingerprint density at radius 3 is 2.62 bits per heavy atom. The SMILES string of the molecule is CCc1ccc(CO)cc1S(=O)(=O)Nc1cn(C)nc1C. The number of nitrogens with one attached hydrogen (secondary N) is 1.